The number of aromatic carboxylic acids is 1. The molecule has 1 aliphatic carbocycles. The first kappa shape index (κ1) is 24.8. The second-order valence-electron chi connectivity index (χ2n) is 10.4. The molecule has 188 valence electrons. The van der Waals surface area contributed by atoms with Crippen LogP contribution in [0.15, 0.2) is 30.5 Å². The first-order chi connectivity index (χ1) is 16.7. The van der Waals surface area contributed by atoms with E-state index in [0.29, 0.717) is 30.6 Å². The van der Waals surface area contributed by atoms with Crippen molar-refractivity contribution in [2.75, 3.05) is 23.7 Å². The number of carbonyl (C=O) groups excluding carboxylic acids is 1. The molecule has 2 aliphatic rings. The fourth-order valence-corrected chi connectivity index (χ4v) is 4.58. The van der Waals surface area contributed by atoms with Gasteiger partial charge in [0.25, 0.3) is 0 Å². The summed E-state index contributed by atoms with van der Waals surface area (Å²) >= 11 is 0. The number of carbonyl (C=O) groups is 2. The number of carboxylic acid groups (broad SMARTS) is 1. The molecule has 9 heteroatoms. The second kappa shape index (κ2) is 10.5. The minimum atomic E-state index is -1.02. The normalized spacial score (nSPS) is 18.8. The summed E-state index contributed by atoms with van der Waals surface area (Å²) in [6, 6.07) is 7.24. The quantitative estimate of drug-likeness (QED) is 0.527. The van der Waals surface area contributed by atoms with Crippen LogP contribution in [-0.2, 0) is 4.74 Å². The number of anilines is 2. The number of aromatic nitrogens is 2. The van der Waals surface area contributed by atoms with Crippen molar-refractivity contribution < 1.29 is 19.4 Å². The van der Waals surface area contributed by atoms with E-state index in [9.17, 15) is 14.7 Å². The molecule has 0 bridgehead atoms. The summed E-state index contributed by atoms with van der Waals surface area (Å²) in [5.41, 5.74) is 0.956. The Bertz CT molecular complexity index is 1060. The van der Waals surface area contributed by atoms with Gasteiger partial charge in [-0.2, -0.15) is 0 Å². The Morgan fingerprint density at radius 3 is 2.49 bits per heavy atom. The van der Waals surface area contributed by atoms with E-state index in [0.717, 1.165) is 30.6 Å². The minimum absolute atomic E-state index is 0.0483. The summed E-state index contributed by atoms with van der Waals surface area (Å²) < 4.78 is 5.47. The van der Waals surface area contributed by atoms with Gasteiger partial charge in [0.05, 0.1) is 11.3 Å². The van der Waals surface area contributed by atoms with Crippen LogP contribution >= 0.6 is 0 Å². The van der Waals surface area contributed by atoms with E-state index in [4.69, 9.17) is 9.72 Å². The van der Waals surface area contributed by atoms with Gasteiger partial charge in [-0.25, -0.2) is 19.6 Å². The first-order valence-corrected chi connectivity index (χ1v) is 12.4. The van der Waals surface area contributed by atoms with Crippen molar-refractivity contribution in [3.05, 3.63) is 36.0 Å². The van der Waals surface area contributed by atoms with Crippen LogP contribution < -0.4 is 10.6 Å². The molecule has 2 aromatic rings. The number of amides is 1. The molecule has 0 spiro atoms. The largest absolute Gasteiger partial charge is 0.478 e. The summed E-state index contributed by atoms with van der Waals surface area (Å²) in [5.74, 6) is 0.220. The van der Waals surface area contributed by atoms with E-state index in [1.54, 1.807) is 17.2 Å². The maximum atomic E-state index is 12.4. The zero-order valence-corrected chi connectivity index (χ0v) is 20.7. The molecule has 4 rings (SSSR count). The van der Waals surface area contributed by atoms with Gasteiger partial charge in [-0.1, -0.05) is 19.3 Å². The lowest BCUT2D eigenvalue weighted by atomic mass is 9.95. The molecule has 3 heterocycles. The van der Waals surface area contributed by atoms with Crippen LogP contribution in [0.25, 0.3) is 11.3 Å². The number of nitrogens with zero attached hydrogens (tertiary/aromatic N) is 3. The van der Waals surface area contributed by atoms with E-state index in [-0.39, 0.29) is 17.7 Å². The smallest absolute Gasteiger partial charge is 0.410 e. The zero-order chi connectivity index (χ0) is 25.0. The molecule has 1 saturated heterocycles. The van der Waals surface area contributed by atoms with E-state index in [1.807, 2.05) is 32.9 Å². The third kappa shape index (κ3) is 6.83. The predicted molar refractivity (Wildman–Crippen MR) is 135 cm³/mol. The molecule has 1 amide bonds. The summed E-state index contributed by atoms with van der Waals surface area (Å²) in [6.07, 6.45) is 8.09. The van der Waals surface area contributed by atoms with Crippen molar-refractivity contribution in [3.63, 3.8) is 0 Å². The van der Waals surface area contributed by atoms with Crippen LogP contribution in [-0.4, -0.2) is 62.8 Å². The van der Waals surface area contributed by atoms with Gasteiger partial charge in [0.2, 0.25) is 0 Å². The lowest BCUT2D eigenvalue weighted by Crippen LogP contribution is -2.36. The Labute approximate surface area is 206 Å². The van der Waals surface area contributed by atoms with Crippen LogP contribution in [0.3, 0.4) is 0 Å². The molecule has 1 saturated carbocycles. The van der Waals surface area contributed by atoms with Gasteiger partial charge in [0.1, 0.15) is 17.2 Å². The van der Waals surface area contributed by atoms with Gasteiger partial charge in [0.15, 0.2) is 0 Å². The zero-order valence-electron chi connectivity index (χ0n) is 20.7. The maximum Gasteiger partial charge on any atom is 0.410 e. The third-order valence-corrected chi connectivity index (χ3v) is 6.28. The molecule has 0 radical (unpaired) electrons. The number of nitrogens with one attached hydrogen (secondary N) is 2. The fraction of sp³-hybridized carbons (Fsp3) is 0.538. The number of pyridine rings is 2. The first-order valence-electron chi connectivity index (χ1n) is 12.4. The highest BCUT2D eigenvalue weighted by molar-refractivity contribution is 5.90. The van der Waals surface area contributed by atoms with Crippen LogP contribution in [0, 0.1) is 0 Å². The molecule has 0 unspecified atom stereocenters. The van der Waals surface area contributed by atoms with Gasteiger partial charge in [0, 0.05) is 36.9 Å². The number of hydrogen-bond donors (Lipinski definition) is 3. The van der Waals surface area contributed by atoms with E-state index in [2.05, 4.69) is 15.6 Å². The van der Waals surface area contributed by atoms with Crippen LogP contribution in [0.2, 0.25) is 0 Å². The fourth-order valence-electron chi connectivity index (χ4n) is 4.58. The molecular formula is C26H35N5O4. The molecule has 2 aromatic heterocycles. The Kier molecular flexibility index (Phi) is 7.42. The minimum Gasteiger partial charge on any atom is -0.478 e. The number of ether oxygens (including phenoxy) is 1. The van der Waals surface area contributed by atoms with Gasteiger partial charge in [-0.05, 0) is 64.3 Å². The SMILES string of the molecule is CC(C)(C)OC(=O)N1CC[C@H](Nc2cc(C(=O)O)cc(-c3ccnc(NC4CCCCC4)c3)n2)C1. The summed E-state index contributed by atoms with van der Waals surface area (Å²) in [6.45, 7) is 6.56. The van der Waals surface area contributed by atoms with E-state index >= 15 is 0 Å². The Hall–Kier alpha value is -3.36. The molecule has 35 heavy (non-hydrogen) atoms. The molecule has 3 N–H and O–H groups in total. The molecule has 2 fully saturated rings. The summed E-state index contributed by atoms with van der Waals surface area (Å²) in [4.78, 5) is 35.0. The van der Waals surface area contributed by atoms with Gasteiger partial charge >= 0.3 is 12.1 Å². The van der Waals surface area contributed by atoms with Crippen molar-refractivity contribution in [2.24, 2.45) is 0 Å². The maximum absolute atomic E-state index is 12.4. The number of hydrogen-bond acceptors (Lipinski definition) is 7. The standard InChI is InChI=1S/C26H35N5O4/c1-26(2,3)35-25(34)31-12-10-20(16-31)29-23-15-18(24(32)33)13-21(30-23)17-9-11-27-22(14-17)28-19-7-5-4-6-8-19/h9,11,13-15,19-20H,4-8,10,12,16H2,1-3H3,(H,27,28)(H,29,30)(H,32,33)/t20-/m0/s1. The highest BCUT2D eigenvalue weighted by atomic mass is 16.6. The van der Waals surface area contributed by atoms with Crippen molar-refractivity contribution in [2.45, 2.75) is 77.0 Å². The molecule has 9 nitrogen and oxygen atoms in total. The Balaban J connectivity index is 1.49. The molecule has 1 aliphatic heterocycles. The van der Waals surface area contributed by atoms with E-state index in [1.165, 1.54) is 25.3 Å². The van der Waals surface area contributed by atoms with E-state index < -0.39 is 11.6 Å². The number of rotatable bonds is 6. The van der Waals surface area contributed by atoms with Crippen molar-refractivity contribution in [1.29, 1.82) is 0 Å². The average Bonchev–Trinajstić information content (AvgIpc) is 3.27. The average molecular weight is 482 g/mol. The van der Waals surface area contributed by atoms with Crippen molar-refractivity contribution in [1.82, 2.24) is 14.9 Å². The number of carboxylic acids is 1. The summed E-state index contributed by atoms with van der Waals surface area (Å²) in [7, 11) is 0. The Morgan fingerprint density at radius 1 is 1.03 bits per heavy atom. The van der Waals surface area contributed by atoms with Crippen LogP contribution in [0.5, 0.6) is 0 Å². The molecule has 0 aromatic carbocycles. The van der Waals surface area contributed by atoms with Crippen LogP contribution in [0.4, 0.5) is 16.4 Å². The third-order valence-electron chi connectivity index (χ3n) is 6.28. The highest BCUT2D eigenvalue weighted by Crippen LogP contribution is 2.26. The Morgan fingerprint density at radius 2 is 1.77 bits per heavy atom. The highest BCUT2D eigenvalue weighted by Gasteiger charge is 2.30. The van der Waals surface area contributed by atoms with Crippen LogP contribution in [0.1, 0.15) is 69.7 Å². The second-order valence-corrected chi connectivity index (χ2v) is 10.4. The lowest BCUT2D eigenvalue weighted by molar-refractivity contribution is 0.0293. The number of likely N-dealkylation sites (tertiary alicyclic amines) is 1. The van der Waals surface area contributed by atoms with Crippen molar-refractivity contribution in [3.8, 4) is 11.3 Å². The van der Waals surface area contributed by atoms with Gasteiger partial charge in [-0.15, -0.1) is 0 Å². The predicted octanol–water partition coefficient (Wildman–Crippen LogP) is 5.01. The topological polar surface area (TPSA) is 117 Å². The monoisotopic (exact) mass is 481 g/mol. The summed E-state index contributed by atoms with van der Waals surface area (Å²) in [5, 5.41) is 16.5. The van der Waals surface area contributed by atoms with Gasteiger partial charge < -0.3 is 25.4 Å². The van der Waals surface area contributed by atoms with Gasteiger partial charge in [-0.3, -0.25) is 0 Å². The molecule has 1 atom stereocenters. The molecular weight excluding hydrogens is 446 g/mol. The van der Waals surface area contributed by atoms with Crippen molar-refractivity contribution >= 4 is 23.7 Å². The lowest BCUT2D eigenvalue weighted by Gasteiger charge is -2.24.